The van der Waals surface area contributed by atoms with E-state index >= 15 is 0 Å². The molecule has 1 N–H and O–H groups in total. The Kier molecular flexibility index (Phi) is 6.06. The van der Waals surface area contributed by atoms with E-state index in [2.05, 4.69) is 18.6 Å². The molecule has 0 spiro atoms. The molecule has 0 radical (unpaired) electrons. The number of nitrogens with one attached hydrogen (secondary N) is 1. The lowest BCUT2D eigenvalue weighted by Gasteiger charge is -2.41. The molecule has 0 saturated carbocycles. The number of benzene rings is 2. The predicted molar refractivity (Wildman–Crippen MR) is 110 cm³/mol. The molecule has 0 aliphatic carbocycles. The highest BCUT2D eigenvalue weighted by Crippen LogP contribution is 2.43. The summed E-state index contributed by atoms with van der Waals surface area (Å²) in [5.74, 6) is 0.540. The molecule has 1 aliphatic rings. The average Bonchev–Trinajstić information content (AvgIpc) is 2.63. The minimum absolute atomic E-state index is 0.201. The summed E-state index contributed by atoms with van der Waals surface area (Å²) in [4.78, 5) is 0. The molecule has 4 nitrogen and oxygen atoms in total. The van der Waals surface area contributed by atoms with Crippen LogP contribution in [0.25, 0.3) is 0 Å². The van der Waals surface area contributed by atoms with Crippen LogP contribution in [-0.2, 0) is 15.8 Å². The summed E-state index contributed by atoms with van der Waals surface area (Å²) in [5.41, 5.74) is 1.01. The molecule has 3 rings (SSSR count). The zero-order valence-corrected chi connectivity index (χ0v) is 17.7. The van der Waals surface area contributed by atoms with Crippen LogP contribution in [0.3, 0.4) is 0 Å². The van der Waals surface area contributed by atoms with Gasteiger partial charge in [-0.25, -0.2) is 13.1 Å². The fraction of sp³-hybridized carbons (Fsp3) is 0.400. The third-order valence-corrected chi connectivity index (χ3v) is 7.09. The lowest BCUT2D eigenvalue weighted by molar-refractivity contribution is 0.0260. The number of para-hydroxylation sites is 1. The summed E-state index contributed by atoms with van der Waals surface area (Å²) in [6.45, 7) is 4.13. The Morgan fingerprint density at radius 3 is 2.52 bits per heavy atom. The third-order valence-electron chi connectivity index (χ3n) is 5.17. The normalized spacial score (nSPS) is 18.6. The molecular formula is C20H23Cl2NO3S. The van der Waals surface area contributed by atoms with Crippen LogP contribution in [0.1, 0.15) is 50.3 Å². The third kappa shape index (κ3) is 4.60. The maximum absolute atomic E-state index is 12.9. The van der Waals surface area contributed by atoms with E-state index in [-0.39, 0.29) is 17.4 Å². The second kappa shape index (κ2) is 8.00. The van der Waals surface area contributed by atoms with Crippen molar-refractivity contribution in [3.05, 3.63) is 63.6 Å². The molecule has 1 unspecified atom stereocenters. The minimum atomic E-state index is -3.61. The second-order valence-electron chi connectivity index (χ2n) is 6.90. The zero-order chi connectivity index (χ0) is 19.7. The SMILES string of the molecule is CCC1(CC)CC(NS(=O)(=O)Cc2ccc(Cl)cc2Cl)c2ccccc2O1. The summed E-state index contributed by atoms with van der Waals surface area (Å²) in [5, 5.41) is 0.819. The second-order valence-corrected chi connectivity index (χ2v) is 9.50. The molecular weight excluding hydrogens is 405 g/mol. The molecule has 1 aliphatic heterocycles. The van der Waals surface area contributed by atoms with Crippen molar-refractivity contribution >= 4 is 33.2 Å². The van der Waals surface area contributed by atoms with Crippen molar-refractivity contribution in [2.24, 2.45) is 0 Å². The largest absolute Gasteiger partial charge is 0.487 e. The van der Waals surface area contributed by atoms with Crippen molar-refractivity contribution in [2.45, 2.75) is 50.5 Å². The smallest absolute Gasteiger partial charge is 0.216 e. The molecule has 2 aromatic carbocycles. The molecule has 7 heteroatoms. The first-order chi connectivity index (χ1) is 12.8. The van der Waals surface area contributed by atoms with Gasteiger partial charge in [0.05, 0.1) is 11.8 Å². The van der Waals surface area contributed by atoms with E-state index < -0.39 is 10.0 Å². The van der Waals surface area contributed by atoms with E-state index in [4.69, 9.17) is 27.9 Å². The number of hydrogen-bond acceptors (Lipinski definition) is 3. The first-order valence-corrected chi connectivity index (χ1v) is 11.4. The van der Waals surface area contributed by atoms with E-state index in [0.717, 1.165) is 24.2 Å². The quantitative estimate of drug-likeness (QED) is 0.662. The van der Waals surface area contributed by atoms with E-state index in [9.17, 15) is 8.42 Å². The van der Waals surface area contributed by atoms with E-state index in [1.165, 1.54) is 0 Å². The Morgan fingerprint density at radius 1 is 1.15 bits per heavy atom. The lowest BCUT2D eigenvalue weighted by Crippen LogP contribution is -2.44. The van der Waals surface area contributed by atoms with Gasteiger partial charge in [-0.1, -0.05) is 61.3 Å². The maximum atomic E-state index is 12.9. The van der Waals surface area contributed by atoms with Gasteiger partial charge < -0.3 is 4.74 Å². The fourth-order valence-corrected chi connectivity index (χ4v) is 5.45. The Hall–Kier alpha value is -1.27. The molecule has 0 amide bonds. The number of ether oxygens (including phenoxy) is 1. The van der Waals surface area contributed by atoms with Crippen molar-refractivity contribution in [1.29, 1.82) is 0 Å². The maximum Gasteiger partial charge on any atom is 0.216 e. The van der Waals surface area contributed by atoms with E-state index in [1.54, 1.807) is 18.2 Å². The number of halogens is 2. The summed E-state index contributed by atoms with van der Waals surface area (Å²) in [7, 11) is -3.61. The molecule has 1 heterocycles. The summed E-state index contributed by atoms with van der Waals surface area (Å²) < 4.78 is 34.8. The van der Waals surface area contributed by atoms with Crippen molar-refractivity contribution in [1.82, 2.24) is 4.72 Å². The topological polar surface area (TPSA) is 55.4 Å². The van der Waals surface area contributed by atoms with Crippen molar-refractivity contribution in [3.8, 4) is 5.75 Å². The van der Waals surface area contributed by atoms with Crippen LogP contribution in [0.2, 0.25) is 10.0 Å². The first-order valence-electron chi connectivity index (χ1n) is 8.99. The molecule has 0 bridgehead atoms. The Balaban J connectivity index is 1.88. The minimum Gasteiger partial charge on any atom is -0.487 e. The molecule has 0 fully saturated rings. The predicted octanol–water partition coefficient (Wildman–Crippen LogP) is 5.50. The monoisotopic (exact) mass is 427 g/mol. The number of rotatable bonds is 6. The molecule has 146 valence electrons. The van der Waals surface area contributed by atoms with Gasteiger partial charge in [0.25, 0.3) is 0 Å². The molecule has 0 aromatic heterocycles. The highest BCUT2D eigenvalue weighted by atomic mass is 35.5. The van der Waals surface area contributed by atoms with E-state index in [1.807, 2.05) is 24.3 Å². The van der Waals surface area contributed by atoms with E-state index in [0.29, 0.717) is 22.0 Å². The lowest BCUT2D eigenvalue weighted by atomic mass is 9.84. The van der Waals surface area contributed by atoms with Crippen LogP contribution in [0, 0.1) is 0 Å². The summed E-state index contributed by atoms with van der Waals surface area (Å²) in [6.07, 6.45) is 2.20. The van der Waals surface area contributed by atoms with Gasteiger partial charge in [-0.3, -0.25) is 0 Å². The van der Waals surface area contributed by atoms with Gasteiger partial charge in [0, 0.05) is 22.0 Å². The van der Waals surface area contributed by atoms with Crippen molar-refractivity contribution < 1.29 is 13.2 Å². The van der Waals surface area contributed by atoms with Crippen LogP contribution in [0.15, 0.2) is 42.5 Å². The fourth-order valence-electron chi connectivity index (χ4n) is 3.51. The Bertz CT molecular complexity index is 927. The van der Waals surface area contributed by atoms with Crippen LogP contribution in [0.4, 0.5) is 0 Å². The molecule has 1 atom stereocenters. The standard InChI is InChI=1S/C20H23Cl2NO3S/c1-3-20(4-2)12-18(16-7-5-6-8-19(16)26-20)23-27(24,25)13-14-9-10-15(21)11-17(14)22/h5-11,18,23H,3-4,12-13H2,1-2H3. The average molecular weight is 428 g/mol. The van der Waals surface area contributed by atoms with Crippen molar-refractivity contribution in [2.75, 3.05) is 0 Å². The van der Waals surface area contributed by atoms with Gasteiger partial charge in [0.2, 0.25) is 10.0 Å². The van der Waals surface area contributed by atoms with Gasteiger partial charge >= 0.3 is 0 Å². The van der Waals surface area contributed by atoms with Crippen molar-refractivity contribution in [3.63, 3.8) is 0 Å². The molecule has 0 saturated heterocycles. The highest BCUT2D eigenvalue weighted by molar-refractivity contribution is 7.88. The van der Waals surface area contributed by atoms with Gasteiger partial charge in [-0.05, 0) is 36.6 Å². The Morgan fingerprint density at radius 2 is 1.85 bits per heavy atom. The highest BCUT2D eigenvalue weighted by Gasteiger charge is 2.39. The number of sulfonamides is 1. The van der Waals surface area contributed by atoms with Gasteiger partial charge in [-0.2, -0.15) is 0 Å². The van der Waals surface area contributed by atoms with Crippen LogP contribution >= 0.6 is 23.2 Å². The molecule has 27 heavy (non-hydrogen) atoms. The zero-order valence-electron chi connectivity index (χ0n) is 15.3. The van der Waals surface area contributed by atoms with Crippen LogP contribution < -0.4 is 9.46 Å². The van der Waals surface area contributed by atoms with Crippen LogP contribution in [-0.4, -0.2) is 14.0 Å². The molecule has 2 aromatic rings. The summed E-state index contributed by atoms with van der Waals surface area (Å²) in [6, 6.07) is 12.1. The number of hydrogen-bond donors (Lipinski definition) is 1. The van der Waals surface area contributed by atoms with Crippen LogP contribution in [0.5, 0.6) is 5.75 Å². The Labute approximate surface area is 170 Å². The van der Waals surface area contributed by atoms with Gasteiger partial charge in [0.1, 0.15) is 11.4 Å². The van der Waals surface area contributed by atoms with Gasteiger partial charge in [0.15, 0.2) is 0 Å². The first kappa shape index (κ1) is 20.5. The number of fused-ring (bicyclic) bond motifs is 1. The summed E-state index contributed by atoms with van der Waals surface area (Å²) >= 11 is 12.1. The van der Waals surface area contributed by atoms with Gasteiger partial charge in [-0.15, -0.1) is 0 Å².